The topological polar surface area (TPSA) is 63.9 Å². The van der Waals surface area contributed by atoms with Crippen molar-refractivity contribution in [2.45, 2.75) is 45.9 Å². The number of nitrogens with zero attached hydrogens (tertiary/aromatic N) is 1. The minimum atomic E-state index is -1.21. The van der Waals surface area contributed by atoms with E-state index in [-0.39, 0.29) is 12.4 Å². The quantitative estimate of drug-likeness (QED) is 0.565. The fourth-order valence-corrected chi connectivity index (χ4v) is 1.23. The average Bonchev–Trinajstić information content (AvgIpc) is 1.54. The fourth-order valence-electron chi connectivity index (χ4n) is 1.23. The van der Waals surface area contributed by atoms with E-state index in [1.54, 1.807) is 0 Å². The summed E-state index contributed by atoms with van der Waals surface area (Å²) in [6.07, 6.45) is -1.73. The van der Waals surface area contributed by atoms with Gasteiger partial charge in [0.25, 0.3) is 0 Å². The molecule has 0 aliphatic heterocycles. The van der Waals surface area contributed by atoms with Gasteiger partial charge in [-0.05, 0) is 27.7 Å². The summed E-state index contributed by atoms with van der Waals surface area (Å²) in [5.41, 5.74) is -1.21. The summed E-state index contributed by atoms with van der Waals surface area (Å²) in [5, 5.41) is 27.7. The Morgan fingerprint density at radius 1 is 1.08 bits per heavy atom. The van der Waals surface area contributed by atoms with Gasteiger partial charge in [0, 0.05) is 0 Å². The smallest absolute Gasteiger partial charge is 0.116 e. The highest BCUT2D eigenvalue weighted by atomic mass is 35.5. The number of hydrogen-bond donors (Lipinski definition) is 3. The Morgan fingerprint density at radius 2 is 1.33 bits per heavy atom. The predicted octanol–water partition coefficient (Wildman–Crippen LogP) is 0.115. The van der Waals surface area contributed by atoms with E-state index in [0.717, 1.165) is 0 Å². The third-order valence-corrected chi connectivity index (χ3v) is 1.44. The minimum absolute atomic E-state index is 0. The SMILES string of the molecule is CC(O)N(C(C)O)C(C)(C)O.Cl. The molecule has 0 saturated heterocycles. The van der Waals surface area contributed by atoms with Crippen molar-refractivity contribution in [1.82, 2.24) is 4.90 Å². The third kappa shape index (κ3) is 4.23. The maximum atomic E-state index is 9.42. The number of hydrogen-bond acceptors (Lipinski definition) is 4. The van der Waals surface area contributed by atoms with E-state index in [1.165, 1.54) is 32.6 Å². The van der Waals surface area contributed by atoms with Crippen LogP contribution in [-0.4, -0.2) is 38.4 Å². The summed E-state index contributed by atoms with van der Waals surface area (Å²) in [6.45, 7) is 5.99. The van der Waals surface area contributed by atoms with Crippen molar-refractivity contribution in [3.8, 4) is 0 Å². The van der Waals surface area contributed by atoms with Gasteiger partial charge < -0.3 is 15.3 Å². The molecule has 0 amide bonds. The molecule has 0 bridgehead atoms. The Labute approximate surface area is 79.2 Å². The van der Waals surface area contributed by atoms with Crippen molar-refractivity contribution in [1.29, 1.82) is 0 Å². The first-order chi connectivity index (χ1) is 4.76. The lowest BCUT2D eigenvalue weighted by Crippen LogP contribution is -2.53. The second-order valence-corrected chi connectivity index (χ2v) is 3.17. The van der Waals surface area contributed by atoms with Crippen LogP contribution in [0.1, 0.15) is 27.7 Å². The summed E-state index contributed by atoms with van der Waals surface area (Å²) in [7, 11) is 0. The zero-order valence-electron chi connectivity index (χ0n) is 7.85. The first kappa shape index (κ1) is 14.6. The summed E-state index contributed by atoms with van der Waals surface area (Å²) in [5.74, 6) is 0. The van der Waals surface area contributed by atoms with E-state index in [4.69, 9.17) is 10.2 Å². The molecule has 5 heteroatoms. The lowest BCUT2D eigenvalue weighted by molar-refractivity contribution is -0.209. The van der Waals surface area contributed by atoms with Crippen molar-refractivity contribution in [3.63, 3.8) is 0 Å². The molecule has 0 aliphatic rings. The van der Waals surface area contributed by atoms with Gasteiger partial charge in [-0.25, -0.2) is 4.90 Å². The number of halogens is 1. The molecule has 12 heavy (non-hydrogen) atoms. The maximum absolute atomic E-state index is 9.42. The second-order valence-electron chi connectivity index (χ2n) is 3.17. The largest absolute Gasteiger partial charge is 0.379 e. The van der Waals surface area contributed by atoms with Crippen molar-refractivity contribution in [2.75, 3.05) is 0 Å². The molecular weight excluding hydrogens is 182 g/mol. The van der Waals surface area contributed by atoms with Crippen LogP contribution >= 0.6 is 12.4 Å². The van der Waals surface area contributed by atoms with Gasteiger partial charge in [0.2, 0.25) is 0 Å². The van der Waals surface area contributed by atoms with Crippen LogP contribution < -0.4 is 0 Å². The van der Waals surface area contributed by atoms with Crippen LogP contribution in [0.4, 0.5) is 0 Å². The Kier molecular flexibility index (Phi) is 6.09. The molecule has 76 valence electrons. The summed E-state index contributed by atoms with van der Waals surface area (Å²) < 4.78 is 0. The van der Waals surface area contributed by atoms with Crippen molar-refractivity contribution < 1.29 is 15.3 Å². The second kappa shape index (κ2) is 4.99. The molecule has 4 nitrogen and oxygen atoms in total. The molecule has 0 saturated carbocycles. The van der Waals surface area contributed by atoms with Crippen LogP contribution in [0, 0.1) is 0 Å². The zero-order chi connectivity index (χ0) is 9.23. The normalized spacial score (nSPS) is 17.0. The molecule has 2 atom stereocenters. The minimum Gasteiger partial charge on any atom is -0.379 e. The lowest BCUT2D eigenvalue weighted by Gasteiger charge is -2.38. The van der Waals surface area contributed by atoms with E-state index < -0.39 is 18.2 Å². The van der Waals surface area contributed by atoms with Gasteiger partial charge in [0.15, 0.2) is 0 Å². The maximum Gasteiger partial charge on any atom is 0.116 e. The van der Waals surface area contributed by atoms with Crippen LogP contribution in [0.15, 0.2) is 0 Å². The number of aliphatic hydroxyl groups is 3. The van der Waals surface area contributed by atoms with Crippen LogP contribution in [0.2, 0.25) is 0 Å². The highest BCUT2D eigenvalue weighted by Gasteiger charge is 2.30. The molecular formula is C7H18ClNO3. The van der Waals surface area contributed by atoms with Gasteiger partial charge >= 0.3 is 0 Å². The summed E-state index contributed by atoms with van der Waals surface area (Å²) in [4.78, 5) is 1.19. The summed E-state index contributed by atoms with van der Waals surface area (Å²) in [6, 6.07) is 0. The molecule has 0 spiro atoms. The van der Waals surface area contributed by atoms with Gasteiger partial charge in [0.1, 0.15) is 18.2 Å². The predicted molar refractivity (Wildman–Crippen MR) is 48.7 cm³/mol. The van der Waals surface area contributed by atoms with Crippen molar-refractivity contribution in [3.05, 3.63) is 0 Å². The fraction of sp³-hybridized carbons (Fsp3) is 1.00. The van der Waals surface area contributed by atoms with E-state index in [9.17, 15) is 5.11 Å². The van der Waals surface area contributed by atoms with E-state index in [1.807, 2.05) is 0 Å². The average molecular weight is 200 g/mol. The van der Waals surface area contributed by atoms with E-state index in [0.29, 0.717) is 0 Å². The number of aliphatic hydroxyl groups excluding tert-OH is 2. The molecule has 0 aromatic rings. The first-order valence-corrected chi connectivity index (χ1v) is 3.63. The van der Waals surface area contributed by atoms with Crippen molar-refractivity contribution >= 4 is 12.4 Å². The molecule has 0 aliphatic carbocycles. The highest BCUT2D eigenvalue weighted by Crippen LogP contribution is 2.15. The van der Waals surface area contributed by atoms with E-state index in [2.05, 4.69) is 0 Å². The Balaban J connectivity index is 0. The van der Waals surface area contributed by atoms with Gasteiger partial charge in [-0.2, -0.15) is 0 Å². The molecule has 3 N–H and O–H groups in total. The Hall–Kier alpha value is 0.130. The molecule has 0 aromatic heterocycles. The van der Waals surface area contributed by atoms with Crippen LogP contribution in [-0.2, 0) is 0 Å². The lowest BCUT2D eigenvalue weighted by atomic mass is 10.2. The first-order valence-electron chi connectivity index (χ1n) is 3.63. The van der Waals surface area contributed by atoms with Crippen molar-refractivity contribution in [2.24, 2.45) is 0 Å². The molecule has 0 rings (SSSR count). The molecule has 2 unspecified atom stereocenters. The highest BCUT2D eigenvalue weighted by molar-refractivity contribution is 5.85. The molecule has 0 heterocycles. The van der Waals surface area contributed by atoms with Crippen LogP contribution in [0.25, 0.3) is 0 Å². The van der Waals surface area contributed by atoms with Gasteiger partial charge in [-0.15, -0.1) is 12.4 Å². The number of rotatable bonds is 3. The van der Waals surface area contributed by atoms with Gasteiger partial charge in [0.05, 0.1) is 0 Å². The standard InChI is InChI=1S/C7H17NO3.ClH/c1-5(9)8(6(2)10)7(3,4)11;/h5-6,9-11H,1-4H3;1H. The molecule has 0 aromatic carbocycles. The van der Waals surface area contributed by atoms with Crippen LogP contribution in [0.3, 0.4) is 0 Å². The monoisotopic (exact) mass is 199 g/mol. The Morgan fingerprint density at radius 3 is 1.33 bits per heavy atom. The van der Waals surface area contributed by atoms with Gasteiger partial charge in [-0.1, -0.05) is 0 Å². The van der Waals surface area contributed by atoms with Gasteiger partial charge in [-0.3, -0.25) is 0 Å². The summed E-state index contributed by atoms with van der Waals surface area (Å²) >= 11 is 0. The third-order valence-electron chi connectivity index (χ3n) is 1.44. The van der Waals surface area contributed by atoms with Crippen LogP contribution in [0.5, 0.6) is 0 Å². The van der Waals surface area contributed by atoms with E-state index >= 15 is 0 Å². The zero-order valence-corrected chi connectivity index (χ0v) is 8.67. The molecule has 0 radical (unpaired) electrons. The molecule has 0 fully saturated rings. The Bertz CT molecular complexity index is 114.